The summed E-state index contributed by atoms with van der Waals surface area (Å²) in [5, 5.41) is 9.05. The van der Waals surface area contributed by atoms with E-state index in [1.54, 1.807) is 0 Å². The number of unbranched alkanes of at least 4 members (excludes halogenated alkanes) is 1. The predicted octanol–water partition coefficient (Wildman–Crippen LogP) is 2.21. The molecule has 2 unspecified atom stereocenters. The van der Waals surface area contributed by atoms with Crippen LogP contribution in [0.5, 0.6) is 11.5 Å². The van der Waals surface area contributed by atoms with Crippen molar-refractivity contribution in [1.82, 2.24) is 4.90 Å². The van der Waals surface area contributed by atoms with Gasteiger partial charge in [-0.1, -0.05) is 18.2 Å². The first-order valence-electron chi connectivity index (χ1n) is 10.7. The second-order valence-corrected chi connectivity index (χ2v) is 8.78. The van der Waals surface area contributed by atoms with Gasteiger partial charge in [0.15, 0.2) is 11.5 Å². The van der Waals surface area contributed by atoms with Gasteiger partial charge in [-0.3, -0.25) is 4.79 Å². The average Bonchev–Trinajstić information content (AvgIpc) is 3.05. The first-order valence-corrected chi connectivity index (χ1v) is 10.7. The summed E-state index contributed by atoms with van der Waals surface area (Å²) in [6, 6.07) is 4.44. The molecule has 5 rings (SSSR count). The van der Waals surface area contributed by atoms with E-state index in [0.717, 1.165) is 38.0 Å². The molecule has 0 aromatic heterocycles. The second kappa shape index (κ2) is 7.11. The van der Waals surface area contributed by atoms with Crippen molar-refractivity contribution in [3.8, 4) is 11.5 Å². The molecule has 2 bridgehead atoms. The van der Waals surface area contributed by atoms with Gasteiger partial charge in [0.2, 0.25) is 0 Å². The lowest BCUT2D eigenvalue weighted by atomic mass is 9.53. The number of ether oxygens (including phenoxy) is 3. The van der Waals surface area contributed by atoms with Crippen LogP contribution in [0.1, 0.15) is 37.3 Å². The zero-order chi connectivity index (χ0) is 20.2. The smallest absolute Gasteiger partial charge is 0.308 e. The third-order valence-corrected chi connectivity index (χ3v) is 7.23. The number of aliphatic hydroxyl groups is 1. The molecule has 1 fully saturated rings. The highest BCUT2D eigenvalue weighted by Crippen LogP contribution is 2.62. The molecule has 1 aromatic carbocycles. The van der Waals surface area contributed by atoms with E-state index in [9.17, 15) is 4.79 Å². The van der Waals surface area contributed by atoms with Crippen LogP contribution in [-0.4, -0.2) is 61.0 Å². The maximum absolute atomic E-state index is 11.7. The maximum atomic E-state index is 11.7. The lowest BCUT2D eigenvalue weighted by Gasteiger charge is -2.56. The van der Waals surface area contributed by atoms with E-state index < -0.39 is 0 Å². The van der Waals surface area contributed by atoms with Crippen molar-refractivity contribution in [2.45, 2.75) is 56.3 Å². The van der Waals surface area contributed by atoms with Crippen molar-refractivity contribution in [2.75, 3.05) is 26.8 Å². The highest BCUT2D eigenvalue weighted by atomic mass is 16.6. The number of carbonyl (C=O) groups excluding carboxylic acids is 1. The molecule has 156 valence electrons. The van der Waals surface area contributed by atoms with Gasteiger partial charge < -0.3 is 24.2 Å². The molecule has 5 atom stereocenters. The Labute approximate surface area is 171 Å². The van der Waals surface area contributed by atoms with Crippen LogP contribution in [0.25, 0.3) is 0 Å². The van der Waals surface area contributed by atoms with E-state index in [-0.39, 0.29) is 30.2 Å². The summed E-state index contributed by atoms with van der Waals surface area (Å²) >= 11 is 0. The minimum atomic E-state index is -0.333. The van der Waals surface area contributed by atoms with Crippen LogP contribution in [0, 0.1) is 5.92 Å². The van der Waals surface area contributed by atoms with Crippen molar-refractivity contribution < 1.29 is 24.1 Å². The summed E-state index contributed by atoms with van der Waals surface area (Å²) in [4.78, 5) is 14.1. The minimum Gasteiger partial charge on any atom is -0.482 e. The molecule has 1 N–H and O–H groups in total. The standard InChI is InChI=1S/C23H29NO5/c1-14(26)28-18-7-5-15-13-17-16-6-8-19(27-12-4-3-11-25)22-23(16,9-10-24(17)2)20(15)21(18)29-22/h5-8,16-17,19,22,25H,3-4,9-13H2,1-2H3/t16-,17+,19?,22?,23-/m0/s1. The molecule has 4 aliphatic rings. The minimum absolute atomic E-state index is 0.117. The molecule has 0 saturated carbocycles. The highest BCUT2D eigenvalue weighted by molar-refractivity contribution is 5.72. The Morgan fingerprint density at radius 3 is 3.00 bits per heavy atom. The first-order chi connectivity index (χ1) is 14.1. The zero-order valence-corrected chi connectivity index (χ0v) is 17.1. The second-order valence-electron chi connectivity index (χ2n) is 8.78. The SMILES string of the molecule is CC(=O)Oc1ccc2c3c1OC1C(OCCCCO)C=C[C@H]4[C@@H](C2)N(C)CC[C@]314. The molecule has 0 radical (unpaired) electrons. The number of likely N-dealkylation sites (N-methyl/N-ethyl adjacent to an activating group) is 1. The molecule has 2 aliphatic heterocycles. The lowest BCUT2D eigenvalue weighted by molar-refractivity contribution is -0.132. The molecule has 6 nitrogen and oxygen atoms in total. The van der Waals surface area contributed by atoms with Crippen LogP contribution in [0.2, 0.25) is 0 Å². The molecule has 1 aromatic rings. The van der Waals surface area contributed by atoms with Gasteiger partial charge in [-0.2, -0.15) is 0 Å². The Morgan fingerprint density at radius 2 is 2.21 bits per heavy atom. The summed E-state index contributed by atoms with van der Waals surface area (Å²) < 4.78 is 18.3. The normalized spacial score (nSPS) is 33.9. The Balaban J connectivity index is 1.57. The number of rotatable bonds is 6. The van der Waals surface area contributed by atoms with Gasteiger partial charge in [-0.25, -0.2) is 0 Å². The third kappa shape index (κ3) is 2.76. The van der Waals surface area contributed by atoms with Gasteiger partial charge in [0.05, 0.1) is 0 Å². The van der Waals surface area contributed by atoms with Gasteiger partial charge in [0, 0.05) is 43.1 Å². The van der Waals surface area contributed by atoms with E-state index in [1.807, 2.05) is 6.07 Å². The number of benzene rings is 1. The van der Waals surface area contributed by atoms with E-state index in [4.69, 9.17) is 19.3 Å². The number of nitrogens with zero attached hydrogens (tertiary/aromatic N) is 1. The quantitative estimate of drug-likeness (QED) is 0.342. The number of hydrogen-bond acceptors (Lipinski definition) is 6. The zero-order valence-electron chi connectivity index (χ0n) is 17.1. The summed E-state index contributed by atoms with van der Waals surface area (Å²) in [5.41, 5.74) is 2.41. The van der Waals surface area contributed by atoms with Gasteiger partial charge in [0.25, 0.3) is 0 Å². The largest absolute Gasteiger partial charge is 0.482 e. The number of carbonyl (C=O) groups is 1. The maximum Gasteiger partial charge on any atom is 0.308 e. The number of aliphatic hydroxyl groups excluding tert-OH is 1. The van der Waals surface area contributed by atoms with E-state index in [0.29, 0.717) is 24.3 Å². The number of hydrogen-bond donors (Lipinski definition) is 1. The first kappa shape index (κ1) is 19.1. The fourth-order valence-corrected chi connectivity index (χ4v) is 6.02. The monoisotopic (exact) mass is 399 g/mol. The van der Waals surface area contributed by atoms with Gasteiger partial charge in [0.1, 0.15) is 12.2 Å². The molecule has 1 spiro atoms. The van der Waals surface area contributed by atoms with E-state index in [2.05, 4.69) is 30.2 Å². The highest BCUT2D eigenvalue weighted by Gasteiger charge is 2.64. The van der Waals surface area contributed by atoms with Gasteiger partial charge in [-0.05, 0) is 50.9 Å². The van der Waals surface area contributed by atoms with Crippen molar-refractivity contribution in [3.63, 3.8) is 0 Å². The summed E-state index contributed by atoms with van der Waals surface area (Å²) in [5.74, 6) is 1.30. The summed E-state index contributed by atoms with van der Waals surface area (Å²) in [6.45, 7) is 3.22. The Bertz CT molecular complexity index is 852. The van der Waals surface area contributed by atoms with Crippen molar-refractivity contribution in [2.24, 2.45) is 5.92 Å². The Kier molecular flexibility index (Phi) is 4.68. The van der Waals surface area contributed by atoms with Gasteiger partial charge in [-0.15, -0.1) is 0 Å². The molecular weight excluding hydrogens is 370 g/mol. The predicted molar refractivity (Wildman–Crippen MR) is 107 cm³/mol. The molecule has 2 heterocycles. The molecule has 2 aliphatic carbocycles. The fraction of sp³-hybridized carbons (Fsp3) is 0.609. The van der Waals surface area contributed by atoms with Gasteiger partial charge >= 0.3 is 5.97 Å². The van der Waals surface area contributed by atoms with E-state index >= 15 is 0 Å². The van der Waals surface area contributed by atoms with Crippen LogP contribution >= 0.6 is 0 Å². The lowest BCUT2D eigenvalue weighted by Crippen LogP contribution is -2.65. The molecular formula is C23H29NO5. The molecule has 29 heavy (non-hydrogen) atoms. The molecule has 1 saturated heterocycles. The number of esters is 1. The van der Waals surface area contributed by atoms with Crippen molar-refractivity contribution >= 4 is 5.97 Å². The fourth-order valence-electron chi connectivity index (χ4n) is 6.02. The summed E-state index contributed by atoms with van der Waals surface area (Å²) in [6.07, 6.45) is 7.80. The van der Waals surface area contributed by atoms with Crippen molar-refractivity contribution in [3.05, 3.63) is 35.4 Å². The number of likely N-dealkylation sites (tertiary alicyclic amines) is 1. The average molecular weight is 399 g/mol. The van der Waals surface area contributed by atoms with Crippen LogP contribution in [0.3, 0.4) is 0 Å². The molecule has 6 heteroatoms. The molecule has 0 amide bonds. The van der Waals surface area contributed by atoms with Crippen LogP contribution < -0.4 is 9.47 Å². The third-order valence-electron chi connectivity index (χ3n) is 7.23. The van der Waals surface area contributed by atoms with Crippen molar-refractivity contribution in [1.29, 1.82) is 0 Å². The van der Waals surface area contributed by atoms with Crippen LogP contribution in [0.4, 0.5) is 0 Å². The number of piperidine rings is 1. The van der Waals surface area contributed by atoms with Crippen LogP contribution in [0.15, 0.2) is 24.3 Å². The Hall–Kier alpha value is -1.89. The summed E-state index contributed by atoms with van der Waals surface area (Å²) in [7, 11) is 2.22. The van der Waals surface area contributed by atoms with Crippen LogP contribution in [-0.2, 0) is 21.4 Å². The van der Waals surface area contributed by atoms with E-state index in [1.165, 1.54) is 18.1 Å². The Morgan fingerprint density at radius 1 is 1.34 bits per heavy atom. The topological polar surface area (TPSA) is 68.2 Å².